The number of rotatable bonds is 6. The normalized spacial score (nSPS) is 11.7. The summed E-state index contributed by atoms with van der Waals surface area (Å²) >= 11 is 0. The summed E-state index contributed by atoms with van der Waals surface area (Å²) in [5, 5.41) is 2.91. The van der Waals surface area contributed by atoms with E-state index >= 15 is 0 Å². The zero-order chi connectivity index (χ0) is 17.0. The van der Waals surface area contributed by atoms with Gasteiger partial charge in [-0.25, -0.2) is 0 Å². The van der Waals surface area contributed by atoms with Gasteiger partial charge in [0.2, 0.25) is 5.91 Å². The molecule has 0 aliphatic carbocycles. The number of hydrogen-bond acceptors (Lipinski definition) is 1. The summed E-state index contributed by atoms with van der Waals surface area (Å²) in [6.07, 6.45) is 8.36. The number of aryl methyl sites for hydroxylation is 1. The Morgan fingerprint density at radius 3 is 2.50 bits per heavy atom. The van der Waals surface area contributed by atoms with Gasteiger partial charge in [0.15, 0.2) is 0 Å². The van der Waals surface area contributed by atoms with E-state index in [0.717, 1.165) is 23.6 Å². The molecule has 0 bridgehead atoms. The van der Waals surface area contributed by atoms with Crippen LogP contribution in [0, 0.1) is 19.8 Å². The van der Waals surface area contributed by atoms with E-state index in [9.17, 15) is 4.79 Å². The summed E-state index contributed by atoms with van der Waals surface area (Å²) in [5.41, 5.74) is 3.29. The average molecular weight is 303 g/mol. The molecule has 0 saturated heterocycles. The molecule has 0 fully saturated rings. The zero-order valence-electron chi connectivity index (χ0n) is 15.2. The lowest BCUT2D eigenvalue weighted by molar-refractivity contribution is -0.116. The van der Waals surface area contributed by atoms with Crippen LogP contribution in [0.4, 0.5) is 5.69 Å². The maximum Gasteiger partial charge on any atom is 0.224 e. The summed E-state index contributed by atoms with van der Waals surface area (Å²) in [4.78, 5) is 11.4. The van der Waals surface area contributed by atoms with Crippen LogP contribution in [-0.2, 0) is 4.79 Å². The van der Waals surface area contributed by atoms with Gasteiger partial charge in [0.05, 0.1) is 0 Å². The second-order valence-corrected chi connectivity index (χ2v) is 5.86. The SMILES string of the molecule is C/C=C\CC(C)CC.CCCC(=O)Nc1cccc(C)c1C. The molecular formula is C20H33NO. The fourth-order valence-corrected chi connectivity index (χ4v) is 1.86. The van der Waals surface area contributed by atoms with Gasteiger partial charge < -0.3 is 5.32 Å². The van der Waals surface area contributed by atoms with Crippen molar-refractivity contribution in [3.05, 3.63) is 41.5 Å². The lowest BCUT2D eigenvalue weighted by Gasteiger charge is -2.09. The molecule has 1 aromatic carbocycles. The highest BCUT2D eigenvalue weighted by atomic mass is 16.1. The second-order valence-electron chi connectivity index (χ2n) is 5.86. The van der Waals surface area contributed by atoms with Crippen LogP contribution < -0.4 is 5.32 Å². The Labute approximate surface area is 137 Å². The first-order valence-electron chi connectivity index (χ1n) is 8.43. The maximum atomic E-state index is 11.4. The van der Waals surface area contributed by atoms with Crippen molar-refractivity contribution in [3.8, 4) is 0 Å². The Balaban J connectivity index is 0.000000472. The molecule has 2 heteroatoms. The minimum atomic E-state index is 0.0983. The van der Waals surface area contributed by atoms with Crippen LogP contribution in [0.5, 0.6) is 0 Å². The lowest BCUT2D eigenvalue weighted by Crippen LogP contribution is -2.11. The zero-order valence-corrected chi connectivity index (χ0v) is 15.2. The van der Waals surface area contributed by atoms with Crippen LogP contribution in [0.25, 0.3) is 0 Å². The molecule has 124 valence electrons. The topological polar surface area (TPSA) is 29.1 Å². The molecule has 1 atom stereocenters. The highest BCUT2D eigenvalue weighted by molar-refractivity contribution is 5.91. The van der Waals surface area contributed by atoms with Gasteiger partial charge >= 0.3 is 0 Å². The standard InChI is InChI=1S/C12H17NO.C8H16/c1-4-6-12(14)13-11-8-5-7-9(2)10(11)3;1-4-6-7-8(3)5-2/h5,7-8H,4,6H2,1-3H3,(H,13,14);4,6,8H,5,7H2,1-3H3/b;6-4-. The second kappa shape index (κ2) is 12.0. The van der Waals surface area contributed by atoms with Gasteiger partial charge in [0.1, 0.15) is 0 Å². The van der Waals surface area contributed by atoms with Crippen molar-refractivity contribution in [1.29, 1.82) is 0 Å². The Hall–Kier alpha value is -1.57. The van der Waals surface area contributed by atoms with E-state index in [1.165, 1.54) is 18.4 Å². The van der Waals surface area contributed by atoms with E-state index in [1.54, 1.807) is 0 Å². The van der Waals surface area contributed by atoms with Crippen LogP contribution in [0.2, 0.25) is 0 Å². The minimum absolute atomic E-state index is 0.0983. The minimum Gasteiger partial charge on any atom is -0.326 e. The average Bonchev–Trinajstić information content (AvgIpc) is 2.50. The molecule has 1 unspecified atom stereocenters. The molecule has 0 aliphatic rings. The monoisotopic (exact) mass is 303 g/mol. The first kappa shape index (κ1) is 20.4. The van der Waals surface area contributed by atoms with E-state index in [4.69, 9.17) is 0 Å². The largest absolute Gasteiger partial charge is 0.326 e. The van der Waals surface area contributed by atoms with Gasteiger partial charge in [-0.3, -0.25) is 4.79 Å². The summed E-state index contributed by atoms with van der Waals surface area (Å²) in [5.74, 6) is 0.965. The van der Waals surface area contributed by atoms with Crippen LogP contribution in [0.1, 0.15) is 64.5 Å². The Kier molecular flexibility index (Phi) is 11.2. The van der Waals surface area contributed by atoms with Gasteiger partial charge in [0, 0.05) is 12.1 Å². The number of nitrogens with one attached hydrogen (secondary N) is 1. The molecular weight excluding hydrogens is 270 g/mol. The van der Waals surface area contributed by atoms with Gasteiger partial charge in [0.25, 0.3) is 0 Å². The van der Waals surface area contributed by atoms with Crippen molar-refractivity contribution in [3.63, 3.8) is 0 Å². The third-order valence-corrected chi connectivity index (χ3v) is 3.83. The van der Waals surface area contributed by atoms with Crippen molar-refractivity contribution in [2.75, 3.05) is 5.32 Å². The van der Waals surface area contributed by atoms with Crippen molar-refractivity contribution < 1.29 is 4.79 Å². The number of anilines is 1. The number of carbonyl (C=O) groups excluding carboxylic acids is 1. The molecule has 1 N–H and O–H groups in total. The van der Waals surface area contributed by atoms with E-state index < -0.39 is 0 Å². The number of amides is 1. The number of hydrogen-bond donors (Lipinski definition) is 1. The van der Waals surface area contributed by atoms with Gasteiger partial charge in [-0.2, -0.15) is 0 Å². The molecule has 22 heavy (non-hydrogen) atoms. The summed E-state index contributed by atoms with van der Waals surface area (Å²) < 4.78 is 0. The molecule has 0 spiro atoms. The molecule has 0 heterocycles. The molecule has 1 aromatic rings. The Morgan fingerprint density at radius 2 is 1.95 bits per heavy atom. The number of carbonyl (C=O) groups is 1. The van der Waals surface area contributed by atoms with Crippen LogP contribution in [0.15, 0.2) is 30.4 Å². The van der Waals surface area contributed by atoms with Crippen LogP contribution in [-0.4, -0.2) is 5.91 Å². The van der Waals surface area contributed by atoms with Crippen LogP contribution in [0.3, 0.4) is 0 Å². The van der Waals surface area contributed by atoms with Crippen molar-refractivity contribution in [2.45, 2.75) is 67.2 Å². The molecule has 1 amide bonds. The van der Waals surface area contributed by atoms with Crippen molar-refractivity contribution in [1.82, 2.24) is 0 Å². The van der Waals surface area contributed by atoms with Crippen molar-refractivity contribution >= 4 is 11.6 Å². The lowest BCUT2D eigenvalue weighted by atomic mass is 10.1. The number of benzene rings is 1. The summed E-state index contributed by atoms with van der Waals surface area (Å²) in [7, 11) is 0. The molecule has 2 nitrogen and oxygen atoms in total. The Bertz CT molecular complexity index is 463. The van der Waals surface area contributed by atoms with Gasteiger partial charge in [-0.1, -0.05) is 51.5 Å². The smallest absolute Gasteiger partial charge is 0.224 e. The first-order valence-corrected chi connectivity index (χ1v) is 8.43. The van der Waals surface area contributed by atoms with E-state index in [1.807, 2.05) is 39.0 Å². The fourth-order valence-electron chi connectivity index (χ4n) is 1.86. The summed E-state index contributed by atoms with van der Waals surface area (Å²) in [6.45, 7) is 12.7. The van der Waals surface area contributed by atoms with Gasteiger partial charge in [-0.15, -0.1) is 0 Å². The highest BCUT2D eigenvalue weighted by Gasteiger charge is 2.04. The maximum absolute atomic E-state index is 11.4. The first-order chi connectivity index (χ1) is 10.5. The van der Waals surface area contributed by atoms with Crippen molar-refractivity contribution in [2.24, 2.45) is 5.92 Å². The fraction of sp³-hybridized carbons (Fsp3) is 0.550. The molecule has 0 radical (unpaired) electrons. The predicted molar refractivity (Wildman–Crippen MR) is 98.3 cm³/mol. The molecule has 0 aromatic heterocycles. The highest BCUT2D eigenvalue weighted by Crippen LogP contribution is 2.18. The Morgan fingerprint density at radius 1 is 1.27 bits per heavy atom. The number of allylic oxidation sites excluding steroid dienone is 2. The molecule has 0 aliphatic heterocycles. The quantitative estimate of drug-likeness (QED) is 0.638. The van der Waals surface area contributed by atoms with E-state index in [0.29, 0.717) is 6.42 Å². The molecule has 0 saturated carbocycles. The van der Waals surface area contributed by atoms with Crippen LogP contribution >= 0.6 is 0 Å². The molecule has 1 rings (SSSR count). The third-order valence-electron chi connectivity index (χ3n) is 3.83. The van der Waals surface area contributed by atoms with E-state index in [2.05, 4.69) is 38.2 Å². The predicted octanol–water partition coefficient (Wildman–Crippen LogP) is 6.04. The third kappa shape index (κ3) is 8.66. The van der Waals surface area contributed by atoms with E-state index in [-0.39, 0.29) is 5.91 Å². The summed E-state index contributed by atoms with van der Waals surface area (Å²) in [6, 6.07) is 5.95. The van der Waals surface area contributed by atoms with Gasteiger partial charge in [-0.05, 0) is 56.7 Å².